The summed E-state index contributed by atoms with van der Waals surface area (Å²) in [5, 5.41) is 0. The molecule has 2 aliphatic rings. The van der Waals surface area contributed by atoms with Gasteiger partial charge in [-0.2, -0.15) is 23.3 Å². The van der Waals surface area contributed by atoms with E-state index in [2.05, 4.69) is 62.5 Å². The van der Waals surface area contributed by atoms with Crippen molar-refractivity contribution in [2.75, 3.05) is 0 Å². The third-order valence-corrected chi connectivity index (χ3v) is 2.54. The molecule has 112 valence electrons. The van der Waals surface area contributed by atoms with Gasteiger partial charge in [0, 0.05) is 0 Å². The summed E-state index contributed by atoms with van der Waals surface area (Å²) >= 11 is 0. The molecule has 0 aromatic heterocycles. The van der Waals surface area contributed by atoms with Gasteiger partial charge in [-0.1, -0.05) is 13.8 Å². The van der Waals surface area contributed by atoms with Crippen molar-refractivity contribution in [1.82, 2.24) is 0 Å². The van der Waals surface area contributed by atoms with Gasteiger partial charge in [-0.05, 0) is 12.8 Å². The van der Waals surface area contributed by atoms with E-state index in [4.69, 9.17) is 0 Å². The topological polar surface area (TPSA) is 0 Å². The van der Waals surface area contributed by atoms with E-state index in [1.165, 1.54) is 11.1 Å². The van der Waals surface area contributed by atoms with Crippen molar-refractivity contribution in [3.05, 3.63) is 71.9 Å². The Hall–Kier alpha value is -0.266. The maximum absolute atomic E-state index is 3.11. The molecule has 0 saturated heterocycles. The van der Waals surface area contributed by atoms with Gasteiger partial charge < -0.3 is 24.8 Å². The fourth-order valence-electron chi connectivity index (χ4n) is 1.57. The minimum atomic E-state index is 0. The van der Waals surface area contributed by atoms with E-state index in [9.17, 15) is 0 Å². The Morgan fingerprint density at radius 1 is 0.857 bits per heavy atom. The van der Waals surface area contributed by atoms with E-state index >= 15 is 0 Å². The number of hydrogen-bond donors (Lipinski definition) is 0. The Morgan fingerprint density at radius 2 is 1.24 bits per heavy atom. The summed E-state index contributed by atoms with van der Waals surface area (Å²) in [6, 6.07) is 0. The largest absolute Gasteiger partial charge is 4.00 e. The fourth-order valence-corrected chi connectivity index (χ4v) is 1.57. The molecule has 0 fully saturated rings. The van der Waals surface area contributed by atoms with Crippen LogP contribution in [0.25, 0.3) is 0 Å². The molecule has 3 heteroatoms. The summed E-state index contributed by atoms with van der Waals surface area (Å²) in [5.74, 6) is 0. The van der Waals surface area contributed by atoms with Crippen LogP contribution in [0, 0.1) is 12.2 Å². The van der Waals surface area contributed by atoms with Gasteiger partial charge in [0.25, 0.3) is 0 Å². The van der Waals surface area contributed by atoms with Gasteiger partial charge >= 0.3 is 21.7 Å². The van der Waals surface area contributed by atoms with Gasteiger partial charge in [0.1, 0.15) is 0 Å². The maximum Gasteiger partial charge on any atom is 4.00 e. The van der Waals surface area contributed by atoms with E-state index in [1.54, 1.807) is 0 Å². The van der Waals surface area contributed by atoms with Crippen molar-refractivity contribution >= 4 is 0 Å². The van der Waals surface area contributed by atoms with Crippen LogP contribution in [0.15, 0.2) is 59.8 Å². The molecule has 2 rings (SSSR count). The number of hydrogen-bond acceptors (Lipinski definition) is 0. The number of rotatable bonds is 4. The molecule has 0 aromatic carbocycles. The summed E-state index contributed by atoms with van der Waals surface area (Å²) in [4.78, 5) is 0. The first kappa shape index (κ1) is 25.7. The Kier molecular flexibility index (Phi) is 21.7. The number of allylic oxidation sites excluding steroid dienone is 12. The fraction of sp³-hybridized carbons (Fsp3) is 0.333. The zero-order chi connectivity index (χ0) is 13.1. The molecule has 0 heterocycles. The molecular formula is C18H22Cl2Ti. The van der Waals surface area contributed by atoms with Crippen LogP contribution < -0.4 is 24.8 Å². The molecule has 0 unspecified atom stereocenters. The van der Waals surface area contributed by atoms with E-state index < -0.39 is 0 Å². The summed E-state index contributed by atoms with van der Waals surface area (Å²) in [7, 11) is 0. The standard InChI is InChI=1S/2C9H11.2ClH.Ti/c2*1-2-3-6-9-7-4-5-8-9;;;/h2*3,6-8H,2,4H2,1H3;2*1H;/q2*-1;;;+4/p-2. The van der Waals surface area contributed by atoms with E-state index in [0.717, 1.165) is 25.7 Å². The summed E-state index contributed by atoms with van der Waals surface area (Å²) in [6.45, 7) is 4.28. The number of halogens is 2. The minimum Gasteiger partial charge on any atom is -1.00 e. The summed E-state index contributed by atoms with van der Waals surface area (Å²) in [5.41, 5.74) is 2.61. The molecule has 0 amide bonds. The molecule has 0 aliphatic heterocycles. The van der Waals surface area contributed by atoms with Crippen LogP contribution in [0.2, 0.25) is 0 Å². The van der Waals surface area contributed by atoms with Crippen LogP contribution in [-0.2, 0) is 21.7 Å². The van der Waals surface area contributed by atoms with Crippen LogP contribution in [0.5, 0.6) is 0 Å². The zero-order valence-electron chi connectivity index (χ0n) is 12.7. The maximum atomic E-state index is 3.11. The van der Waals surface area contributed by atoms with Gasteiger partial charge in [-0.25, -0.2) is 12.2 Å². The molecule has 2 aliphatic carbocycles. The Morgan fingerprint density at radius 3 is 1.48 bits per heavy atom. The average Bonchev–Trinajstić information content (AvgIpc) is 3.07. The zero-order valence-corrected chi connectivity index (χ0v) is 15.8. The van der Waals surface area contributed by atoms with Crippen molar-refractivity contribution in [2.24, 2.45) is 0 Å². The normalized spacial score (nSPS) is 14.8. The smallest absolute Gasteiger partial charge is 1.00 e. The third-order valence-electron chi connectivity index (χ3n) is 2.54. The third kappa shape index (κ3) is 13.1. The quantitative estimate of drug-likeness (QED) is 0.461. The van der Waals surface area contributed by atoms with E-state index in [0.29, 0.717) is 0 Å². The van der Waals surface area contributed by atoms with Crippen LogP contribution in [0.4, 0.5) is 0 Å². The van der Waals surface area contributed by atoms with Crippen molar-refractivity contribution in [3.8, 4) is 0 Å². The van der Waals surface area contributed by atoms with Crippen LogP contribution >= 0.6 is 0 Å². The predicted octanol–water partition coefficient (Wildman–Crippen LogP) is -0.710. The minimum absolute atomic E-state index is 0. The van der Waals surface area contributed by atoms with Crippen LogP contribution in [0.1, 0.15) is 39.5 Å². The van der Waals surface area contributed by atoms with Gasteiger partial charge in [0.2, 0.25) is 0 Å². The Labute approximate surface area is 157 Å². The van der Waals surface area contributed by atoms with Gasteiger partial charge in [0.05, 0.1) is 0 Å². The molecule has 0 saturated carbocycles. The van der Waals surface area contributed by atoms with E-state index in [1.807, 2.05) is 12.2 Å². The van der Waals surface area contributed by atoms with Gasteiger partial charge in [-0.15, -0.1) is 37.1 Å². The summed E-state index contributed by atoms with van der Waals surface area (Å²) in [6.07, 6.45) is 27.5. The second-order valence-electron chi connectivity index (χ2n) is 4.13. The predicted molar refractivity (Wildman–Crippen MR) is 79.9 cm³/mol. The second kappa shape index (κ2) is 17.8. The van der Waals surface area contributed by atoms with E-state index in [-0.39, 0.29) is 46.5 Å². The Balaban J connectivity index is -0.000000270. The van der Waals surface area contributed by atoms with Crippen molar-refractivity contribution in [2.45, 2.75) is 39.5 Å². The van der Waals surface area contributed by atoms with Gasteiger partial charge in [0.15, 0.2) is 0 Å². The Bertz CT molecular complexity index is 373. The first-order chi connectivity index (χ1) is 8.86. The molecule has 0 atom stereocenters. The van der Waals surface area contributed by atoms with Crippen molar-refractivity contribution < 1.29 is 46.5 Å². The average molecular weight is 357 g/mol. The molecule has 0 spiro atoms. The SMILES string of the molecule is CCC=CC1=CC[C-]=C1.CCC=CC1=CC[C-]=C1.[Cl-].[Cl-].[Ti+4]. The molecule has 0 radical (unpaired) electrons. The second-order valence-corrected chi connectivity index (χ2v) is 4.13. The van der Waals surface area contributed by atoms with Crippen molar-refractivity contribution in [3.63, 3.8) is 0 Å². The van der Waals surface area contributed by atoms with Gasteiger partial charge in [-0.3, -0.25) is 12.2 Å². The molecule has 0 bridgehead atoms. The first-order valence-corrected chi connectivity index (χ1v) is 6.73. The first-order valence-electron chi connectivity index (χ1n) is 6.73. The van der Waals surface area contributed by atoms with Crippen LogP contribution in [-0.4, -0.2) is 0 Å². The molecule has 21 heavy (non-hydrogen) atoms. The molecule has 0 nitrogen and oxygen atoms in total. The molecule has 0 aromatic rings. The monoisotopic (exact) mass is 356 g/mol. The molecular weight excluding hydrogens is 335 g/mol. The van der Waals surface area contributed by atoms with Crippen LogP contribution in [0.3, 0.4) is 0 Å². The summed E-state index contributed by atoms with van der Waals surface area (Å²) < 4.78 is 0. The molecule has 0 N–H and O–H groups in total. The van der Waals surface area contributed by atoms with Crippen molar-refractivity contribution in [1.29, 1.82) is 0 Å².